The molecule has 0 saturated heterocycles. The highest BCUT2D eigenvalue weighted by Crippen LogP contribution is 2.34. The molecular weight excluding hydrogens is 316 g/mol. The minimum atomic E-state index is -1.64. The molecule has 2 N–H and O–H groups in total. The number of H-pyrrole nitrogens is 1. The van der Waals surface area contributed by atoms with Gasteiger partial charge in [-0.3, -0.25) is 9.89 Å². The fourth-order valence-electron chi connectivity index (χ4n) is 2.10. The molecule has 0 unspecified atom stereocenters. The summed E-state index contributed by atoms with van der Waals surface area (Å²) in [6.45, 7) is 2.47. The number of nitrogens with one attached hydrogen (secondary N) is 2. The van der Waals surface area contributed by atoms with E-state index in [4.69, 9.17) is 5.26 Å². The SMILES string of the molecule is CCc1c(F)c(F)c(-c2[nH]nc(NC(C)=O)c2C#N)c(F)c1F. The highest BCUT2D eigenvalue weighted by Gasteiger charge is 2.29. The Morgan fingerprint density at radius 3 is 2.22 bits per heavy atom. The van der Waals surface area contributed by atoms with Crippen LogP contribution in [0.15, 0.2) is 0 Å². The standard InChI is InChI=1S/C14H10F4N4O/c1-3-6-9(15)11(17)8(12(18)10(6)16)13-7(4-19)14(22-21-13)20-5(2)23/h3H2,1-2H3,(H2,20,21,22,23). The van der Waals surface area contributed by atoms with Gasteiger partial charge in [-0.15, -0.1) is 0 Å². The lowest BCUT2D eigenvalue weighted by Crippen LogP contribution is -2.08. The second-order valence-corrected chi connectivity index (χ2v) is 4.58. The number of carbonyl (C=O) groups is 1. The Balaban J connectivity index is 2.76. The number of halogens is 4. The Hall–Kier alpha value is -2.89. The monoisotopic (exact) mass is 326 g/mol. The summed E-state index contributed by atoms with van der Waals surface area (Å²) < 4.78 is 56.0. The molecule has 9 heteroatoms. The number of nitrogens with zero attached hydrogens (tertiary/aromatic N) is 2. The first-order valence-electron chi connectivity index (χ1n) is 6.44. The fourth-order valence-corrected chi connectivity index (χ4v) is 2.10. The molecule has 0 radical (unpaired) electrons. The van der Waals surface area contributed by atoms with Crippen molar-refractivity contribution in [3.63, 3.8) is 0 Å². The molecule has 0 fully saturated rings. The maximum absolute atomic E-state index is 14.1. The molecule has 5 nitrogen and oxygen atoms in total. The van der Waals surface area contributed by atoms with Crippen LogP contribution >= 0.6 is 0 Å². The molecule has 0 aliphatic carbocycles. The summed E-state index contributed by atoms with van der Waals surface area (Å²) in [7, 11) is 0. The van der Waals surface area contributed by atoms with Crippen LogP contribution in [0.4, 0.5) is 23.4 Å². The molecule has 1 aromatic carbocycles. The minimum absolute atomic E-state index is 0.253. The van der Waals surface area contributed by atoms with Gasteiger partial charge in [-0.25, -0.2) is 17.6 Å². The molecule has 23 heavy (non-hydrogen) atoms. The third-order valence-corrected chi connectivity index (χ3v) is 3.13. The zero-order valence-corrected chi connectivity index (χ0v) is 12.0. The Morgan fingerprint density at radius 1 is 1.22 bits per heavy atom. The van der Waals surface area contributed by atoms with E-state index in [1.807, 2.05) is 0 Å². The smallest absolute Gasteiger partial charge is 0.222 e. The van der Waals surface area contributed by atoms with Crippen LogP contribution in [0.1, 0.15) is 25.0 Å². The van der Waals surface area contributed by atoms with Crippen LogP contribution in [0.25, 0.3) is 11.3 Å². The number of hydrogen-bond donors (Lipinski definition) is 2. The summed E-state index contributed by atoms with van der Waals surface area (Å²) in [6.07, 6.45) is -0.253. The van der Waals surface area contributed by atoms with Gasteiger partial charge in [0.25, 0.3) is 0 Å². The quantitative estimate of drug-likeness (QED) is 0.672. The predicted molar refractivity (Wildman–Crippen MR) is 72.3 cm³/mol. The number of aromatic amines is 1. The van der Waals surface area contributed by atoms with E-state index in [0.29, 0.717) is 0 Å². The molecule has 1 aromatic heterocycles. The molecule has 0 atom stereocenters. The van der Waals surface area contributed by atoms with E-state index in [2.05, 4.69) is 15.5 Å². The zero-order valence-electron chi connectivity index (χ0n) is 12.0. The summed E-state index contributed by atoms with van der Waals surface area (Å²) in [4.78, 5) is 11.0. The van der Waals surface area contributed by atoms with Crippen LogP contribution < -0.4 is 5.32 Å². The largest absolute Gasteiger partial charge is 0.308 e. The number of amides is 1. The molecule has 0 aliphatic heterocycles. The van der Waals surface area contributed by atoms with Gasteiger partial charge in [0.05, 0.1) is 11.3 Å². The van der Waals surface area contributed by atoms with Gasteiger partial charge in [0.1, 0.15) is 11.6 Å². The number of nitriles is 1. The maximum Gasteiger partial charge on any atom is 0.222 e. The number of carbonyl (C=O) groups excluding carboxylic acids is 1. The number of benzene rings is 1. The van der Waals surface area contributed by atoms with Crippen LogP contribution in [-0.4, -0.2) is 16.1 Å². The van der Waals surface area contributed by atoms with Crippen molar-refractivity contribution in [2.24, 2.45) is 0 Å². The Morgan fingerprint density at radius 2 is 1.78 bits per heavy atom. The molecule has 120 valence electrons. The van der Waals surface area contributed by atoms with Gasteiger partial charge in [-0.05, 0) is 6.42 Å². The minimum Gasteiger partial charge on any atom is -0.308 e. The van der Waals surface area contributed by atoms with Gasteiger partial charge in [0.2, 0.25) is 5.91 Å². The highest BCUT2D eigenvalue weighted by atomic mass is 19.2. The van der Waals surface area contributed by atoms with Gasteiger partial charge < -0.3 is 5.32 Å². The molecule has 0 spiro atoms. The first kappa shape index (κ1) is 16.5. The van der Waals surface area contributed by atoms with Gasteiger partial charge in [-0.2, -0.15) is 10.4 Å². The number of anilines is 1. The van der Waals surface area contributed by atoms with Gasteiger partial charge in [-0.1, -0.05) is 6.92 Å². The lowest BCUT2D eigenvalue weighted by Gasteiger charge is -2.10. The lowest BCUT2D eigenvalue weighted by molar-refractivity contribution is -0.114. The molecule has 0 saturated carbocycles. The van der Waals surface area contributed by atoms with Crippen LogP contribution in [0.2, 0.25) is 0 Å². The summed E-state index contributed by atoms with van der Waals surface area (Å²) in [6, 6.07) is 1.58. The first-order chi connectivity index (χ1) is 10.8. The average molecular weight is 326 g/mol. The molecule has 2 aromatic rings. The summed E-state index contributed by atoms with van der Waals surface area (Å²) >= 11 is 0. The van der Waals surface area contributed by atoms with Gasteiger partial charge in [0.15, 0.2) is 29.1 Å². The van der Waals surface area contributed by atoms with Crippen LogP contribution in [0, 0.1) is 34.6 Å². The van der Waals surface area contributed by atoms with Crippen molar-refractivity contribution in [2.75, 3.05) is 5.32 Å². The molecule has 1 amide bonds. The normalized spacial score (nSPS) is 10.5. The maximum atomic E-state index is 14.1. The van der Waals surface area contributed by atoms with Gasteiger partial charge in [0, 0.05) is 12.5 Å². The summed E-state index contributed by atoms with van der Waals surface area (Å²) in [5, 5.41) is 16.9. The summed E-state index contributed by atoms with van der Waals surface area (Å²) in [5.41, 5.74) is -2.82. The van der Waals surface area contributed by atoms with E-state index in [0.717, 1.165) is 6.92 Å². The van der Waals surface area contributed by atoms with Crippen molar-refractivity contribution in [3.05, 3.63) is 34.4 Å². The van der Waals surface area contributed by atoms with Crippen molar-refractivity contribution < 1.29 is 22.4 Å². The Kier molecular flexibility index (Phi) is 4.36. The van der Waals surface area contributed by atoms with Crippen molar-refractivity contribution in [1.29, 1.82) is 5.26 Å². The number of aromatic nitrogens is 2. The van der Waals surface area contributed by atoms with Crippen LogP contribution in [-0.2, 0) is 11.2 Å². The van der Waals surface area contributed by atoms with E-state index >= 15 is 0 Å². The molecule has 2 rings (SSSR count). The number of hydrogen-bond acceptors (Lipinski definition) is 3. The molecule has 0 aliphatic rings. The third kappa shape index (κ3) is 2.63. The van der Waals surface area contributed by atoms with Crippen LogP contribution in [0.5, 0.6) is 0 Å². The highest BCUT2D eigenvalue weighted by molar-refractivity contribution is 5.90. The van der Waals surface area contributed by atoms with Crippen molar-refractivity contribution in [2.45, 2.75) is 20.3 Å². The zero-order chi connectivity index (χ0) is 17.3. The van der Waals surface area contributed by atoms with E-state index in [-0.39, 0.29) is 12.2 Å². The second kappa shape index (κ2) is 6.08. The average Bonchev–Trinajstić information content (AvgIpc) is 2.88. The van der Waals surface area contributed by atoms with E-state index in [1.165, 1.54) is 6.92 Å². The fraction of sp³-hybridized carbons (Fsp3) is 0.214. The number of rotatable bonds is 3. The van der Waals surface area contributed by atoms with Crippen LogP contribution in [0.3, 0.4) is 0 Å². The lowest BCUT2D eigenvalue weighted by atomic mass is 10.0. The van der Waals surface area contributed by atoms with Crippen molar-refractivity contribution in [3.8, 4) is 17.3 Å². The van der Waals surface area contributed by atoms with Crippen molar-refractivity contribution >= 4 is 11.7 Å². The first-order valence-corrected chi connectivity index (χ1v) is 6.44. The Labute approximate surface area is 127 Å². The molecule has 1 heterocycles. The Bertz CT molecular complexity index is 809. The summed E-state index contributed by atoms with van der Waals surface area (Å²) in [5.74, 6) is -7.25. The molecular formula is C14H10F4N4O. The third-order valence-electron chi connectivity index (χ3n) is 3.13. The molecule has 0 bridgehead atoms. The van der Waals surface area contributed by atoms with E-state index < -0.39 is 51.6 Å². The van der Waals surface area contributed by atoms with E-state index in [9.17, 15) is 22.4 Å². The predicted octanol–water partition coefficient (Wildman–Crippen LogP) is 3.03. The topological polar surface area (TPSA) is 81.6 Å². The van der Waals surface area contributed by atoms with Crippen molar-refractivity contribution in [1.82, 2.24) is 10.2 Å². The second-order valence-electron chi connectivity index (χ2n) is 4.58. The van der Waals surface area contributed by atoms with E-state index in [1.54, 1.807) is 6.07 Å². The van der Waals surface area contributed by atoms with Gasteiger partial charge >= 0.3 is 0 Å².